The Kier molecular flexibility index (Phi) is 6.07. The van der Waals surface area contributed by atoms with Gasteiger partial charge in [0.1, 0.15) is 5.75 Å². The second-order valence-electron chi connectivity index (χ2n) is 6.31. The predicted molar refractivity (Wildman–Crippen MR) is 103 cm³/mol. The molecule has 2 saturated heterocycles. The molecule has 1 unspecified atom stereocenters. The molecule has 2 aliphatic heterocycles. The van der Waals surface area contributed by atoms with Gasteiger partial charge in [0.15, 0.2) is 16.4 Å². The highest BCUT2D eigenvalue weighted by Crippen LogP contribution is 2.33. The Morgan fingerprint density at radius 2 is 1.80 bits per heavy atom. The topological polar surface area (TPSA) is 66.9 Å². The van der Waals surface area contributed by atoms with E-state index in [9.17, 15) is 13.2 Å². The minimum Gasteiger partial charge on any atom is -0.481 e. The molecule has 2 heterocycles. The molecule has 1 amide bonds. The van der Waals surface area contributed by atoms with E-state index in [0.717, 1.165) is 8.95 Å². The summed E-state index contributed by atoms with van der Waals surface area (Å²) in [5.41, 5.74) is 0. The first-order valence-electron chi connectivity index (χ1n) is 8.15. The fourth-order valence-corrected chi connectivity index (χ4v) is 6.23. The van der Waals surface area contributed by atoms with Gasteiger partial charge in [0.2, 0.25) is 0 Å². The van der Waals surface area contributed by atoms with Gasteiger partial charge in [-0.25, -0.2) is 8.42 Å². The zero-order valence-electron chi connectivity index (χ0n) is 13.7. The molecule has 0 bridgehead atoms. The molecule has 0 aliphatic carbocycles. The molecule has 0 aromatic heterocycles. The quantitative estimate of drug-likeness (QED) is 0.638. The van der Waals surface area contributed by atoms with Crippen molar-refractivity contribution in [2.45, 2.75) is 12.5 Å². The molecule has 1 aromatic rings. The maximum atomic E-state index is 12.4. The summed E-state index contributed by atoms with van der Waals surface area (Å²) >= 11 is 6.82. The van der Waals surface area contributed by atoms with Gasteiger partial charge < -0.3 is 9.64 Å². The Balaban J connectivity index is 1.49. The molecule has 25 heavy (non-hydrogen) atoms. The molecule has 2 fully saturated rings. The van der Waals surface area contributed by atoms with Crippen LogP contribution >= 0.6 is 31.9 Å². The van der Waals surface area contributed by atoms with Gasteiger partial charge in [0.25, 0.3) is 5.91 Å². The number of rotatable bonds is 4. The standard InChI is InChI=1S/C16H20Br2N2O4S/c17-13-2-1-3-14(18)16(13)24-10-15(21)20-7-5-19(6-8-20)12-4-9-25(22,23)11-12/h1-3,12H,4-11H2. The number of hydrogen-bond acceptors (Lipinski definition) is 5. The maximum absolute atomic E-state index is 12.4. The molecular weight excluding hydrogens is 476 g/mol. The highest BCUT2D eigenvalue weighted by Gasteiger charge is 2.34. The van der Waals surface area contributed by atoms with E-state index < -0.39 is 9.84 Å². The third kappa shape index (κ3) is 4.75. The Morgan fingerprint density at radius 1 is 1.16 bits per heavy atom. The molecule has 0 spiro atoms. The van der Waals surface area contributed by atoms with E-state index in [-0.39, 0.29) is 30.1 Å². The lowest BCUT2D eigenvalue weighted by molar-refractivity contribution is -0.135. The first-order valence-corrected chi connectivity index (χ1v) is 11.6. The van der Waals surface area contributed by atoms with Gasteiger partial charge in [-0.05, 0) is 50.4 Å². The number of amides is 1. The van der Waals surface area contributed by atoms with Crippen molar-refractivity contribution >= 4 is 47.6 Å². The smallest absolute Gasteiger partial charge is 0.260 e. The van der Waals surface area contributed by atoms with Gasteiger partial charge in [-0.1, -0.05) is 6.07 Å². The fraction of sp³-hybridized carbons (Fsp3) is 0.562. The average molecular weight is 496 g/mol. The molecule has 2 aliphatic rings. The van der Waals surface area contributed by atoms with Crippen LogP contribution in [0.25, 0.3) is 0 Å². The van der Waals surface area contributed by atoms with Crippen LogP contribution in [0.4, 0.5) is 0 Å². The first-order chi connectivity index (χ1) is 11.9. The number of piperazine rings is 1. The summed E-state index contributed by atoms with van der Waals surface area (Å²) < 4.78 is 30.5. The van der Waals surface area contributed by atoms with Crippen molar-refractivity contribution in [3.63, 3.8) is 0 Å². The number of sulfone groups is 1. The largest absolute Gasteiger partial charge is 0.481 e. The zero-order chi connectivity index (χ0) is 18.0. The Morgan fingerprint density at radius 3 is 2.36 bits per heavy atom. The number of carbonyl (C=O) groups is 1. The van der Waals surface area contributed by atoms with Crippen molar-refractivity contribution in [2.75, 3.05) is 44.3 Å². The number of hydrogen-bond donors (Lipinski definition) is 0. The van der Waals surface area contributed by atoms with E-state index in [1.807, 2.05) is 18.2 Å². The highest BCUT2D eigenvalue weighted by atomic mass is 79.9. The van der Waals surface area contributed by atoms with Crippen molar-refractivity contribution in [3.8, 4) is 5.75 Å². The maximum Gasteiger partial charge on any atom is 0.260 e. The lowest BCUT2D eigenvalue weighted by Crippen LogP contribution is -2.53. The van der Waals surface area contributed by atoms with E-state index >= 15 is 0 Å². The molecule has 0 N–H and O–H groups in total. The summed E-state index contributed by atoms with van der Waals surface area (Å²) in [7, 11) is -2.87. The third-order valence-corrected chi connectivity index (χ3v) is 7.65. The minimum atomic E-state index is -2.87. The molecule has 9 heteroatoms. The van der Waals surface area contributed by atoms with E-state index in [2.05, 4.69) is 36.8 Å². The summed E-state index contributed by atoms with van der Waals surface area (Å²) in [6.45, 7) is 2.63. The van der Waals surface area contributed by atoms with Crippen LogP contribution in [0, 0.1) is 0 Å². The molecule has 138 valence electrons. The van der Waals surface area contributed by atoms with Crippen molar-refractivity contribution < 1.29 is 17.9 Å². The fourth-order valence-electron chi connectivity index (χ4n) is 3.25. The number of ether oxygens (including phenoxy) is 1. The third-order valence-electron chi connectivity index (χ3n) is 4.65. The number of carbonyl (C=O) groups excluding carboxylic acids is 1. The molecule has 1 atom stereocenters. The second kappa shape index (κ2) is 7.94. The second-order valence-corrected chi connectivity index (χ2v) is 10.3. The SMILES string of the molecule is O=C(COc1c(Br)cccc1Br)N1CCN(C2CCS(=O)(=O)C2)CC1. The summed E-state index contributed by atoms with van der Waals surface area (Å²) in [4.78, 5) is 16.4. The molecule has 6 nitrogen and oxygen atoms in total. The van der Waals surface area contributed by atoms with Crippen LogP contribution in [-0.2, 0) is 14.6 Å². The molecule has 3 rings (SSSR count). The van der Waals surface area contributed by atoms with Crippen molar-refractivity contribution in [1.29, 1.82) is 0 Å². The Labute approximate surface area is 164 Å². The van der Waals surface area contributed by atoms with Gasteiger partial charge in [-0.3, -0.25) is 9.69 Å². The van der Waals surface area contributed by atoms with Crippen molar-refractivity contribution in [3.05, 3.63) is 27.1 Å². The average Bonchev–Trinajstić information content (AvgIpc) is 2.94. The van der Waals surface area contributed by atoms with Crippen molar-refractivity contribution in [1.82, 2.24) is 9.80 Å². The van der Waals surface area contributed by atoms with Crippen LogP contribution < -0.4 is 4.74 Å². The summed E-state index contributed by atoms with van der Waals surface area (Å²) in [5, 5.41) is 0. The predicted octanol–water partition coefficient (Wildman–Crippen LogP) is 1.92. The first kappa shape index (κ1) is 19.1. The number of para-hydroxylation sites is 1. The van der Waals surface area contributed by atoms with Gasteiger partial charge >= 0.3 is 0 Å². The van der Waals surface area contributed by atoms with Crippen LogP contribution in [-0.4, -0.2) is 74.5 Å². The van der Waals surface area contributed by atoms with Crippen molar-refractivity contribution in [2.24, 2.45) is 0 Å². The Bertz CT molecular complexity index is 728. The molecule has 0 radical (unpaired) electrons. The molecular formula is C16H20Br2N2O4S. The van der Waals surface area contributed by atoms with E-state index in [1.54, 1.807) is 4.90 Å². The van der Waals surface area contributed by atoms with Crippen LogP contribution in [0.1, 0.15) is 6.42 Å². The van der Waals surface area contributed by atoms with E-state index in [0.29, 0.717) is 38.3 Å². The van der Waals surface area contributed by atoms with Crippen LogP contribution in [0.3, 0.4) is 0 Å². The van der Waals surface area contributed by atoms with Gasteiger partial charge in [0, 0.05) is 32.2 Å². The number of halogens is 2. The number of benzene rings is 1. The van der Waals surface area contributed by atoms with Crippen LogP contribution in [0.5, 0.6) is 5.75 Å². The molecule has 1 aromatic carbocycles. The lowest BCUT2D eigenvalue weighted by Gasteiger charge is -2.37. The summed E-state index contributed by atoms with van der Waals surface area (Å²) in [5.74, 6) is 1.10. The summed E-state index contributed by atoms with van der Waals surface area (Å²) in [6, 6.07) is 5.71. The van der Waals surface area contributed by atoms with Crippen LogP contribution in [0.15, 0.2) is 27.1 Å². The number of nitrogens with zero attached hydrogens (tertiary/aromatic N) is 2. The normalized spacial score (nSPS) is 23.6. The highest BCUT2D eigenvalue weighted by molar-refractivity contribution is 9.11. The van der Waals surface area contributed by atoms with Gasteiger partial charge in [-0.15, -0.1) is 0 Å². The van der Waals surface area contributed by atoms with Crippen LogP contribution in [0.2, 0.25) is 0 Å². The molecule has 0 saturated carbocycles. The Hall–Kier alpha value is -0.640. The monoisotopic (exact) mass is 494 g/mol. The van der Waals surface area contributed by atoms with E-state index in [1.165, 1.54) is 0 Å². The minimum absolute atomic E-state index is 0.0149. The van der Waals surface area contributed by atoms with E-state index in [4.69, 9.17) is 4.74 Å². The summed E-state index contributed by atoms with van der Waals surface area (Å²) in [6.07, 6.45) is 0.704. The van der Waals surface area contributed by atoms with Gasteiger partial charge in [0.05, 0.1) is 20.5 Å². The zero-order valence-corrected chi connectivity index (χ0v) is 17.6. The lowest BCUT2D eigenvalue weighted by atomic mass is 10.2. The van der Waals surface area contributed by atoms with Gasteiger partial charge in [-0.2, -0.15) is 0 Å².